The molecule has 0 bridgehead atoms. The summed E-state index contributed by atoms with van der Waals surface area (Å²) < 4.78 is 7.59. The zero-order valence-corrected chi connectivity index (χ0v) is 22.7. The highest BCUT2D eigenvalue weighted by Crippen LogP contribution is 2.51. The van der Waals surface area contributed by atoms with Gasteiger partial charge in [0.15, 0.2) is 5.65 Å². The number of carboxylic acid groups (broad SMARTS) is 1. The van der Waals surface area contributed by atoms with Crippen molar-refractivity contribution in [3.8, 4) is 11.3 Å². The summed E-state index contributed by atoms with van der Waals surface area (Å²) in [5.41, 5.74) is 7.33. The summed E-state index contributed by atoms with van der Waals surface area (Å²) in [6.45, 7) is 3.04. The average Bonchev–Trinajstić information content (AvgIpc) is 3.72. The van der Waals surface area contributed by atoms with Crippen molar-refractivity contribution in [1.82, 2.24) is 19.6 Å². The van der Waals surface area contributed by atoms with Crippen molar-refractivity contribution >= 4 is 28.2 Å². The molecule has 2 aliphatic carbocycles. The van der Waals surface area contributed by atoms with E-state index in [4.69, 9.17) is 19.8 Å². The molecule has 1 N–H and O–H groups in total. The van der Waals surface area contributed by atoms with Crippen LogP contribution in [0.25, 0.3) is 27.8 Å². The molecular weight excluding hydrogens is 514 g/mol. The van der Waals surface area contributed by atoms with Gasteiger partial charge in [0.2, 0.25) is 0 Å². The summed E-state index contributed by atoms with van der Waals surface area (Å²) >= 11 is 0. The quantitative estimate of drug-likeness (QED) is 0.299. The van der Waals surface area contributed by atoms with Crippen LogP contribution in [0.5, 0.6) is 0 Å². The number of nitrogens with zero attached hydrogens (tertiary/aromatic N) is 5. The molecule has 8 nitrogen and oxygen atoms in total. The maximum atomic E-state index is 11.9. The van der Waals surface area contributed by atoms with Gasteiger partial charge in [0, 0.05) is 41.6 Å². The Morgan fingerprint density at radius 3 is 2.44 bits per heavy atom. The van der Waals surface area contributed by atoms with Gasteiger partial charge in [-0.15, -0.1) is 0 Å². The van der Waals surface area contributed by atoms with Crippen molar-refractivity contribution in [3.05, 3.63) is 89.9 Å². The van der Waals surface area contributed by atoms with Crippen LogP contribution in [0.3, 0.4) is 0 Å². The van der Waals surface area contributed by atoms with Crippen molar-refractivity contribution < 1.29 is 14.6 Å². The molecule has 0 spiro atoms. The molecule has 3 fully saturated rings. The minimum absolute atomic E-state index is 0.288. The zero-order chi connectivity index (χ0) is 27.6. The summed E-state index contributed by atoms with van der Waals surface area (Å²) in [5.74, 6) is -0.0574. The Bertz CT molecular complexity index is 1780. The van der Waals surface area contributed by atoms with E-state index in [-0.39, 0.29) is 5.92 Å². The first-order chi connectivity index (χ1) is 20.1. The van der Waals surface area contributed by atoms with Gasteiger partial charge in [-0.25, -0.2) is 9.50 Å². The molecule has 5 aromatic rings. The topological polar surface area (TPSA) is 92.8 Å². The van der Waals surface area contributed by atoms with Gasteiger partial charge in [0.05, 0.1) is 47.4 Å². The smallest absolute Gasteiger partial charge is 0.314 e. The van der Waals surface area contributed by atoms with Crippen LogP contribution in [0.2, 0.25) is 0 Å². The minimum Gasteiger partial charge on any atom is -0.481 e. The van der Waals surface area contributed by atoms with Crippen LogP contribution in [0.15, 0.2) is 72.9 Å². The van der Waals surface area contributed by atoms with Gasteiger partial charge in [0.1, 0.15) is 0 Å². The number of carboxylic acids is 1. The van der Waals surface area contributed by atoms with Crippen LogP contribution in [0.1, 0.15) is 54.5 Å². The van der Waals surface area contributed by atoms with Gasteiger partial charge < -0.3 is 14.7 Å². The Kier molecular flexibility index (Phi) is 5.60. The van der Waals surface area contributed by atoms with Crippen molar-refractivity contribution in [2.45, 2.75) is 42.9 Å². The molecule has 41 heavy (non-hydrogen) atoms. The fraction of sp³-hybridized carbons (Fsp3) is 0.333. The Hall–Kier alpha value is -4.30. The monoisotopic (exact) mass is 545 g/mol. The number of hydrogen-bond donors (Lipinski definition) is 1. The highest BCUT2D eigenvalue weighted by atomic mass is 16.5. The molecule has 8 heteroatoms. The number of fused-ring (bicyclic) bond motifs is 2. The first-order valence-electron chi connectivity index (χ1n) is 14.5. The van der Waals surface area contributed by atoms with E-state index < -0.39 is 11.4 Å². The maximum Gasteiger partial charge on any atom is 0.314 e. The number of rotatable bonds is 6. The number of para-hydroxylation sites is 1. The summed E-state index contributed by atoms with van der Waals surface area (Å²) in [4.78, 5) is 24.5. The molecular formula is C33H31N5O3. The number of hydrogen-bond acceptors (Lipinski definition) is 6. The molecule has 1 saturated heterocycles. The summed E-state index contributed by atoms with van der Waals surface area (Å²) in [7, 11) is 0. The number of carbonyl (C=O) groups is 1. The number of morpholine rings is 1. The Morgan fingerprint density at radius 2 is 1.68 bits per heavy atom. The van der Waals surface area contributed by atoms with Gasteiger partial charge >= 0.3 is 5.97 Å². The minimum atomic E-state index is -0.736. The van der Waals surface area contributed by atoms with Crippen molar-refractivity contribution in [2.75, 3.05) is 31.2 Å². The number of pyridine rings is 1. The van der Waals surface area contributed by atoms with E-state index in [0.717, 1.165) is 76.4 Å². The summed E-state index contributed by atoms with van der Waals surface area (Å²) in [5, 5.41) is 15.7. The third-order valence-electron chi connectivity index (χ3n) is 9.31. The number of anilines is 1. The lowest BCUT2D eigenvalue weighted by Gasteiger charge is -2.34. The lowest BCUT2D eigenvalue weighted by Crippen LogP contribution is -2.36. The first kappa shape index (κ1) is 24.5. The van der Waals surface area contributed by atoms with Gasteiger partial charge in [-0.3, -0.25) is 9.78 Å². The van der Waals surface area contributed by atoms with Crippen LogP contribution in [0.4, 0.5) is 5.69 Å². The Morgan fingerprint density at radius 1 is 0.902 bits per heavy atom. The molecule has 4 heterocycles. The normalized spacial score (nSPS) is 21.6. The van der Waals surface area contributed by atoms with E-state index in [1.54, 1.807) is 0 Å². The number of ether oxygens (including phenoxy) is 1. The summed E-state index contributed by atoms with van der Waals surface area (Å²) in [6, 6.07) is 22.7. The van der Waals surface area contributed by atoms with Crippen molar-refractivity contribution in [1.29, 1.82) is 0 Å². The molecule has 1 aliphatic heterocycles. The third kappa shape index (κ3) is 4.00. The predicted molar refractivity (Wildman–Crippen MR) is 156 cm³/mol. The number of aliphatic carboxylic acids is 1. The highest BCUT2D eigenvalue weighted by molar-refractivity contribution is 5.85. The molecule has 0 atom stereocenters. The lowest BCUT2D eigenvalue weighted by molar-refractivity contribution is -0.140. The molecule has 2 aromatic carbocycles. The van der Waals surface area contributed by atoms with E-state index in [1.807, 2.05) is 35.0 Å². The SMILES string of the molecule is O=C(O)C1(c2ccc(-c3c(C4CC(c5ccc6ccccc6n5)C4)nc4c(N5CCOCC5)ccnn34)cc2)CC1. The van der Waals surface area contributed by atoms with Gasteiger partial charge in [-0.1, -0.05) is 48.5 Å². The van der Waals surface area contributed by atoms with E-state index in [0.29, 0.717) is 32.0 Å². The molecule has 8 rings (SSSR count). The van der Waals surface area contributed by atoms with Crippen LogP contribution in [-0.2, 0) is 14.9 Å². The number of benzene rings is 2. The van der Waals surface area contributed by atoms with Gasteiger partial charge in [0.25, 0.3) is 0 Å². The fourth-order valence-electron chi connectivity index (χ4n) is 6.65. The second-order valence-electron chi connectivity index (χ2n) is 11.7. The molecule has 206 valence electrons. The standard InChI is InChI=1S/C33H31N5O3/c39-32(40)33(12-13-33)25-8-5-22(6-9-25)30-29(36-31-28(11-14-34-38(30)31)37-15-17-41-18-16-37)24-19-23(20-24)27-10-7-21-3-1-2-4-26(21)35-27/h1-11,14,23-24H,12-13,15-20H2,(H,39,40). The lowest BCUT2D eigenvalue weighted by atomic mass is 9.71. The van der Waals surface area contributed by atoms with Crippen LogP contribution >= 0.6 is 0 Å². The molecule has 0 radical (unpaired) electrons. The van der Waals surface area contributed by atoms with Crippen LogP contribution in [0, 0.1) is 0 Å². The number of aromatic nitrogens is 4. The molecule has 3 aliphatic rings. The third-order valence-corrected chi connectivity index (χ3v) is 9.31. The predicted octanol–water partition coefficient (Wildman–Crippen LogP) is 5.56. The fourth-order valence-corrected chi connectivity index (χ4v) is 6.65. The maximum absolute atomic E-state index is 11.9. The molecule has 3 aromatic heterocycles. The highest BCUT2D eigenvalue weighted by Gasteiger charge is 2.51. The Balaban J connectivity index is 1.18. The summed E-state index contributed by atoms with van der Waals surface area (Å²) in [6.07, 6.45) is 5.20. The molecule has 2 saturated carbocycles. The number of imidazole rings is 1. The molecule has 0 amide bonds. The van der Waals surface area contributed by atoms with E-state index >= 15 is 0 Å². The van der Waals surface area contributed by atoms with Crippen LogP contribution < -0.4 is 4.90 Å². The second-order valence-corrected chi connectivity index (χ2v) is 11.7. The zero-order valence-electron chi connectivity index (χ0n) is 22.7. The van der Waals surface area contributed by atoms with Gasteiger partial charge in [-0.05, 0) is 49.4 Å². The van der Waals surface area contributed by atoms with Crippen molar-refractivity contribution in [3.63, 3.8) is 0 Å². The largest absolute Gasteiger partial charge is 0.481 e. The van der Waals surface area contributed by atoms with Gasteiger partial charge in [-0.2, -0.15) is 5.10 Å². The van der Waals surface area contributed by atoms with E-state index in [1.165, 1.54) is 0 Å². The molecule has 0 unspecified atom stereocenters. The van der Waals surface area contributed by atoms with E-state index in [2.05, 4.69) is 47.4 Å². The average molecular weight is 546 g/mol. The van der Waals surface area contributed by atoms with E-state index in [9.17, 15) is 9.90 Å². The van der Waals surface area contributed by atoms with Crippen molar-refractivity contribution in [2.24, 2.45) is 0 Å². The van der Waals surface area contributed by atoms with Crippen LogP contribution in [-0.4, -0.2) is 57.0 Å². The second kappa shape index (κ2) is 9.38. The Labute approximate surface area is 237 Å². The first-order valence-corrected chi connectivity index (χ1v) is 14.5.